The molecule has 0 N–H and O–H groups in total. The highest BCUT2D eigenvalue weighted by Gasteiger charge is 2.33. The highest BCUT2D eigenvalue weighted by atomic mass is 16.5. The van der Waals surface area contributed by atoms with E-state index in [9.17, 15) is 4.79 Å². The molecular formula is C16H20O3. The molecule has 0 spiro atoms. The summed E-state index contributed by atoms with van der Waals surface area (Å²) in [6.45, 7) is 7.95. The Labute approximate surface area is 113 Å². The summed E-state index contributed by atoms with van der Waals surface area (Å²) < 4.78 is 11.0. The van der Waals surface area contributed by atoms with E-state index in [0.717, 1.165) is 16.5 Å². The van der Waals surface area contributed by atoms with Crippen LogP contribution in [0.5, 0.6) is 0 Å². The molecule has 1 aromatic heterocycles. The number of benzene rings is 1. The van der Waals surface area contributed by atoms with E-state index in [1.54, 1.807) is 13.2 Å². The zero-order valence-electron chi connectivity index (χ0n) is 12.1. The molecule has 1 heterocycles. The molecule has 0 aliphatic rings. The second kappa shape index (κ2) is 4.82. The molecule has 0 saturated heterocycles. The van der Waals surface area contributed by atoms with E-state index < -0.39 is 6.10 Å². The monoisotopic (exact) mass is 260 g/mol. The number of Topliss-reactive ketones (excluding diaryl/α,β-unsaturated/α-hetero) is 1. The van der Waals surface area contributed by atoms with Crippen molar-refractivity contribution < 1.29 is 13.9 Å². The first-order chi connectivity index (χ1) is 8.82. The van der Waals surface area contributed by atoms with Gasteiger partial charge in [-0.1, -0.05) is 32.4 Å². The lowest BCUT2D eigenvalue weighted by molar-refractivity contribution is 0.0176. The Morgan fingerprint density at radius 1 is 1.26 bits per heavy atom. The van der Waals surface area contributed by atoms with E-state index in [-0.39, 0.29) is 11.2 Å². The zero-order valence-corrected chi connectivity index (χ0v) is 12.1. The van der Waals surface area contributed by atoms with Crippen molar-refractivity contribution in [3.05, 3.63) is 35.6 Å². The van der Waals surface area contributed by atoms with Crippen molar-refractivity contribution in [3.8, 4) is 0 Å². The van der Waals surface area contributed by atoms with E-state index in [4.69, 9.17) is 9.15 Å². The van der Waals surface area contributed by atoms with Crippen LogP contribution in [0.25, 0.3) is 11.0 Å². The van der Waals surface area contributed by atoms with Crippen LogP contribution in [0.3, 0.4) is 0 Å². The zero-order chi connectivity index (χ0) is 14.2. The van der Waals surface area contributed by atoms with Crippen LogP contribution >= 0.6 is 0 Å². The number of ether oxygens (including phenoxy) is 1. The number of methoxy groups -OCH3 is 1. The van der Waals surface area contributed by atoms with Crippen molar-refractivity contribution in [2.24, 2.45) is 5.41 Å². The topological polar surface area (TPSA) is 39.4 Å². The average molecular weight is 260 g/mol. The van der Waals surface area contributed by atoms with Gasteiger partial charge in [-0.3, -0.25) is 4.79 Å². The van der Waals surface area contributed by atoms with Crippen molar-refractivity contribution >= 4 is 16.8 Å². The molecule has 2 rings (SSSR count). The molecule has 0 aliphatic carbocycles. The Morgan fingerprint density at radius 2 is 1.95 bits per heavy atom. The number of hydrogen-bond donors (Lipinski definition) is 0. The molecule has 0 fully saturated rings. The van der Waals surface area contributed by atoms with Crippen LogP contribution in [0.4, 0.5) is 0 Å². The number of ketones is 1. The Kier molecular flexibility index (Phi) is 3.50. The summed E-state index contributed by atoms with van der Waals surface area (Å²) in [5.74, 6) is 0.256. The number of furan rings is 1. The number of rotatable bonds is 3. The van der Waals surface area contributed by atoms with Crippen molar-refractivity contribution in [1.29, 1.82) is 0 Å². The predicted molar refractivity (Wildman–Crippen MR) is 75.5 cm³/mol. The Balaban J connectivity index is 2.41. The van der Waals surface area contributed by atoms with Crippen molar-refractivity contribution in [2.45, 2.75) is 33.8 Å². The fraction of sp³-hybridized carbons (Fsp3) is 0.438. The van der Waals surface area contributed by atoms with Gasteiger partial charge in [0.05, 0.1) is 0 Å². The summed E-state index contributed by atoms with van der Waals surface area (Å²) in [7, 11) is 1.56. The van der Waals surface area contributed by atoms with E-state index in [2.05, 4.69) is 0 Å². The van der Waals surface area contributed by atoms with E-state index in [0.29, 0.717) is 5.76 Å². The van der Waals surface area contributed by atoms with Gasteiger partial charge in [-0.25, -0.2) is 0 Å². The number of fused-ring (bicyclic) bond motifs is 1. The second-order valence-electron chi connectivity index (χ2n) is 6.00. The highest BCUT2D eigenvalue weighted by molar-refractivity contribution is 6.00. The van der Waals surface area contributed by atoms with Gasteiger partial charge in [0.1, 0.15) is 11.7 Å². The van der Waals surface area contributed by atoms with Crippen LogP contribution in [0.2, 0.25) is 0 Å². The van der Waals surface area contributed by atoms with Gasteiger partial charge in [-0.05, 0) is 30.5 Å². The number of carbonyl (C=O) groups is 1. The number of hydrogen-bond acceptors (Lipinski definition) is 3. The third-order valence-electron chi connectivity index (χ3n) is 3.18. The maximum atomic E-state index is 12.5. The quantitative estimate of drug-likeness (QED) is 0.783. The molecule has 1 aromatic carbocycles. The molecular weight excluding hydrogens is 240 g/mol. The lowest BCUT2D eigenvalue weighted by atomic mass is 9.86. The largest absolute Gasteiger partial charge is 0.453 e. The van der Waals surface area contributed by atoms with E-state index >= 15 is 0 Å². The predicted octanol–water partition coefficient (Wildman–Crippen LogP) is 3.99. The maximum absolute atomic E-state index is 12.5. The summed E-state index contributed by atoms with van der Waals surface area (Å²) in [6.07, 6.45) is -0.505. The molecule has 0 bridgehead atoms. The van der Waals surface area contributed by atoms with Crippen molar-refractivity contribution in [2.75, 3.05) is 7.11 Å². The van der Waals surface area contributed by atoms with Gasteiger partial charge in [0.25, 0.3) is 0 Å². The smallest absolute Gasteiger partial charge is 0.227 e. The van der Waals surface area contributed by atoms with Gasteiger partial charge < -0.3 is 9.15 Å². The normalized spacial score (nSPS) is 13.7. The van der Waals surface area contributed by atoms with E-state index in [1.165, 1.54) is 0 Å². The van der Waals surface area contributed by atoms with E-state index in [1.807, 2.05) is 45.9 Å². The van der Waals surface area contributed by atoms with Crippen LogP contribution < -0.4 is 0 Å². The van der Waals surface area contributed by atoms with Gasteiger partial charge in [0, 0.05) is 12.5 Å². The molecule has 3 heteroatoms. The van der Waals surface area contributed by atoms with Gasteiger partial charge in [-0.2, -0.15) is 0 Å². The molecule has 0 saturated carbocycles. The lowest BCUT2D eigenvalue weighted by Gasteiger charge is -2.27. The van der Waals surface area contributed by atoms with Crippen LogP contribution in [-0.2, 0) is 4.74 Å². The maximum Gasteiger partial charge on any atom is 0.227 e. The number of aryl methyl sites for hydroxylation is 1. The van der Waals surface area contributed by atoms with Crippen LogP contribution in [0, 0.1) is 12.3 Å². The summed E-state index contributed by atoms with van der Waals surface area (Å²) >= 11 is 0. The molecule has 1 atom stereocenters. The van der Waals surface area contributed by atoms with Crippen LogP contribution in [-0.4, -0.2) is 19.0 Å². The van der Waals surface area contributed by atoms with Gasteiger partial charge in [0.15, 0.2) is 5.76 Å². The molecule has 0 amide bonds. The lowest BCUT2D eigenvalue weighted by Crippen LogP contribution is -2.36. The Hall–Kier alpha value is -1.61. The van der Waals surface area contributed by atoms with Crippen molar-refractivity contribution in [1.82, 2.24) is 0 Å². The number of carbonyl (C=O) groups excluding carboxylic acids is 1. The summed E-state index contributed by atoms with van der Waals surface area (Å²) in [4.78, 5) is 12.5. The summed E-state index contributed by atoms with van der Waals surface area (Å²) in [6, 6.07) is 7.66. The van der Waals surface area contributed by atoms with Crippen LogP contribution in [0.1, 0.15) is 36.9 Å². The minimum atomic E-state index is -0.505. The first-order valence-electron chi connectivity index (χ1n) is 6.40. The highest BCUT2D eigenvalue weighted by Crippen LogP contribution is 2.28. The fourth-order valence-corrected chi connectivity index (χ4v) is 2.27. The van der Waals surface area contributed by atoms with Crippen LogP contribution in [0.15, 0.2) is 28.7 Å². The first-order valence-corrected chi connectivity index (χ1v) is 6.40. The second-order valence-corrected chi connectivity index (χ2v) is 6.00. The Bertz CT molecular complexity index is 602. The molecule has 0 radical (unpaired) electrons. The molecule has 1 unspecified atom stereocenters. The summed E-state index contributed by atoms with van der Waals surface area (Å²) in [5, 5.41) is 0.951. The molecule has 19 heavy (non-hydrogen) atoms. The first kappa shape index (κ1) is 13.8. The standard InChI is InChI=1S/C16H20O3/c1-10-6-7-12-11(8-10)9-13(19-12)14(17)15(18-5)16(2,3)4/h6-9,15H,1-5H3. The third-order valence-corrected chi connectivity index (χ3v) is 3.18. The molecule has 3 nitrogen and oxygen atoms in total. The summed E-state index contributed by atoms with van der Waals surface area (Å²) in [5.41, 5.74) is 1.62. The van der Waals surface area contributed by atoms with Crippen molar-refractivity contribution in [3.63, 3.8) is 0 Å². The molecule has 2 aromatic rings. The van der Waals surface area contributed by atoms with Gasteiger partial charge in [0.2, 0.25) is 5.78 Å². The molecule has 0 aliphatic heterocycles. The SMILES string of the molecule is COC(C(=O)c1cc2cc(C)ccc2o1)C(C)(C)C. The minimum absolute atomic E-state index is 0.108. The average Bonchev–Trinajstić information content (AvgIpc) is 2.70. The third kappa shape index (κ3) is 2.71. The fourth-order valence-electron chi connectivity index (χ4n) is 2.27. The Morgan fingerprint density at radius 3 is 2.53 bits per heavy atom. The van der Waals surface area contributed by atoms with Gasteiger partial charge in [-0.15, -0.1) is 0 Å². The molecule has 102 valence electrons. The van der Waals surface area contributed by atoms with Gasteiger partial charge >= 0.3 is 0 Å². The minimum Gasteiger partial charge on any atom is -0.453 e.